The van der Waals surface area contributed by atoms with Gasteiger partial charge in [-0.25, -0.2) is 19.7 Å². The molecule has 1 aliphatic carbocycles. The van der Waals surface area contributed by atoms with Crippen LogP contribution in [0, 0.1) is 5.92 Å². The molecule has 176 valence electrons. The number of hydrogen-bond acceptors (Lipinski definition) is 8. The van der Waals surface area contributed by atoms with Crippen molar-refractivity contribution in [2.75, 3.05) is 26.7 Å². The van der Waals surface area contributed by atoms with Gasteiger partial charge in [0.15, 0.2) is 0 Å². The number of carbonyl (C=O) groups excluding carboxylic acids is 1. The van der Waals surface area contributed by atoms with Crippen LogP contribution in [0.3, 0.4) is 0 Å². The van der Waals surface area contributed by atoms with Crippen LogP contribution in [0.1, 0.15) is 37.3 Å². The second kappa shape index (κ2) is 9.40. The van der Waals surface area contributed by atoms with E-state index in [9.17, 15) is 4.79 Å². The Bertz CT molecular complexity index is 965. The van der Waals surface area contributed by atoms with Gasteiger partial charge in [-0.05, 0) is 49.3 Å². The molecule has 4 aliphatic rings. The van der Waals surface area contributed by atoms with Gasteiger partial charge in [-0.15, -0.1) is 0 Å². The number of allylic oxidation sites excluding steroid dienone is 1. The summed E-state index contributed by atoms with van der Waals surface area (Å²) in [6.07, 6.45) is 11.2. The Kier molecular flexibility index (Phi) is 6.19. The van der Waals surface area contributed by atoms with E-state index in [0.29, 0.717) is 23.4 Å². The molecule has 0 bridgehead atoms. The van der Waals surface area contributed by atoms with Crippen LogP contribution < -0.4 is 26.4 Å². The topological polar surface area (TPSA) is 120 Å². The number of nitrogens with zero attached hydrogens (tertiary/aromatic N) is 4. The normalized spacial score (nSPS) is 26.9. The Morgan fingerprint density at radius 3 is 2.79 bits per heavy atom. The van der Waals surface area contributed by atoms with Gasteiger partial charge < -0.3 is 26.4 Å². The highest BCUT2D eigenvalue weighted by atomic mass is 16.5. The van der Waals surface area contributed by atoms with Gasteiger partial charge in [-0.1, -0.05) is 6.08 Å². The lowest BCUT2D eigenvalue weighted by molar-refractivity contribution is 0.210. The van der Waals surface area contributed by atoms with E-state index in [1.165, 1.54) is 11.2 Å². The smallest absolute Gasteiger partial charge is 0.328 e. The van der Waals surface area contributed by atoms with E-state index in [1.807, 2.05) is 29.3 Å². The SMILES string of the molecule is COc1cc(C2C=CC3=C(N)N(C(=O)NC4CCC(NCC5CNC5)CC4)C=NN32)ccn1. The maximum absolute atomic E-state index is 13.0. The Labute approximate surface area is 193 Å². The summed E-state index contributed by atoms with van der Waals surface area (Å²) < 4.78 is 5.23. The van der Waals surface area contributed by atoms with Crippen LogP contribution in [0.4, 0.5) is 4.79 Å². The van der Waals surface area contributed by atoms with E-state index in [2.05, 4.69) is 26.0 Å². The third kappa shape index (κ3) is 4.53. The van der Waals surface area contributed by atoms with E-state index >= 15 is 0 Å². The Balaban J connectivity index is 1.16. The number of nitrogens with one attached hydrogen (secondary N) is 3. The molecular formula is C23H32N8O2. The first-order valence-corrected chi connectivity index (χ1v) is 11.7. The predicted molar refractivity (Wildman–Crippen MR) is 125 cm³/mol. The number of carbonyl (C=O) groups is 1. The standard InChI is InChI=1S/C23H32N8O2/c1-33-21-10-16(8-9-26-21)19-6-7-20-22(24)30(14-28-31(19)20)23(32)29-18-4-2-17(3-5-18)27-13-15-11-25-12-15/h6-10,14-15,17-19,25,27H,2-5,11-13,24H2,1H3,(H,29,32). The van der Waals surface area contributed by atoms with Crippen LogP contribution in [-0.4, -0.2) is 66.1 Å². The monoisotopic (exact) mass is 452 g/mol. The molecule has 5 rings (SSSR count). The Morgan fingerprint density at radius 1 is 1.27 bits per heavy atom. The van der Waals surface area contributed by atoms with Crippen molar-refractivity contribution in [3.05, 3.63) is 47.6 Å². The third-order valence-electron chi connectivity index (χ3n) is 6.90. The van der Waals surface area contributed by atoms with Crippen LogP contribution >= 0.6 is 0 Å². The van der Waals surface area contributed by atoms with Crippen molar-refractivity contribution in [2.24, 2.45) is 16.8 Å². The molecular weight excluding hydrogens is 420 g/mol. The van der Waals surface area contributed by atoms with Crippen molar-refractivity contribution >= 4 is 12.4 Å². The fourth-order valence-electron chi connectivity index (χ4n) is 4.77. The molecule has 33 heavy (non-hydrogen) atoms. The molecule has 4 heterocycles. The zero-order chi connectivity index (χ0) is 22.8. The van der Waals surface area contributed by atoms with Crippen LogP contribution in [0.15, 0.2) is 47.1 Å². The van der Waals surface area contributed by atoms with Crippen LogP contribution in [0.5, 0.6) is 5.88 Å². The third-order valence-corrected chi connectivity index (χ3v) is 6.90. The summed E-state index contributed by atoms with van der Waals surface area (Å²) in [6.45, 7) is 3.33. The molecule has 1 aromatic heterocycles. The minimum atomic E-state index is -0.234. The predicted octanol–water partition coefficient (Wildman–Crippen LogP) is 1.22. The van der Waals surface area contributed by atoms with Crippen molar-refractivity contribution in [2.45, 2.75) is 43.8 Å². The minimum absolute atomic E-state index is 0.129. The summed E-state index contributed by atoms with van der Waals surface area (Å²) in [5.74, 6) is 1.67. The van der Waals surface area contributed by atoms with Crippen LogP contribution in [0.2, 0.25) is 0 Å². The minimum Gasteiger partial charge on any atom is -0.481 e. The first-order chi connectivity index (χ1) is 16.1. The van der Waals surface area contributed by atoms with Gasteiger partial charge in [0.25, 0.3) is 0 Å². The van der Waals surface area contributed by atoms with Crippen molar-refractivity contribution in [3.8, 4) is 5.88 Å². The molecule has 1 aromatic rings. The number of amides is 2. The second-order valence-corrected chi connectivity index (χ2v) is 9.08. The number of hydrogen-bond donors (Lipinski definition) is 4. The molecule has 3 aliphatic heterocycles. The molecule has 10 nitrogen and oxygen atoms in total. The maximum Gasteiger partial charge on any atom is 0.328 e. The molecule has 1 saturated heterocycles. The number of fused-ring (bicyclic) bond motifs is 1. The fourth-order valence-corrected chi connectivity index (χ4v) is 4.77. The molecule has 0 radical (unpaired) electrons. The van der Waals surface area contributed by atoms with Crippen LogP contribution in [0.25, 0.3) is 0 Å². The van der Waals surface area contributed by atoms with E-state index < -0.39 is 0 Å². The summed E-state index contributed by atoms with van der Waals surface area (Å²) in [4.78, 5) is 18.5. The number of ether oxygens (including phenoxy) is 1. The highest BCUT2D eigenvalue weighted by Gasteiger charge is 2.33. The fraction of sp³-hybridized carbons (Fsp3) is 0.522. The van der Waals surface area contributed by atoms with Gasteiger partial charge >= 0.3 is 6.03 Å². The molecule has 10 heteroatoms. The summed E-state index contributed by atoms with van der Waals surface area (Å²) in [7, 11) is 1.59. The second-order valence-electron chi connectivity index (χ2n) is 9.08. The van der Waals surface area contributed by atoms with Crippen molar-refractivity contribution < 1.29 is 9.53 Å². The highest BCUT2D eigenvalue weighted by molar-refractivity contribution is 5.89. The van der Waals surface area contributed by atoms with Gasteiger partial charge in [0.2, 0.25) is 5.88 Å². The lowest BCUT2D eigenvalue weighted by Crippen LogP contribution is -2.51. The van der Waals surface area contributed by atoms with E-state index in [1.54, 1.807) is 13.3 Å². The van der Waals surface area contributed by atoms with Gasteiger partial charge in [-0.2, -0.15) is 5.10 Å². The number of hydrazone groups is 1. The largest absolute Gasteiger partial charge is 0.481 e. The summed E-state index contributed by atoms with van der Waals surface area (Å²) in [6, 6.07) is 4.12. The number of pyridine rings is 1. The molecule has 1 saturated carbocycles. The average molecular weight is 453 g/mol. The van der Waals surface area contributed by atoms with Gasteiger partial charge in [0.1, 0.15) is 17.9 Å². The van der Waals surface area contributed by atoms with E-state index in [4.69, 9.17) is 10.5 Å². The average Bonchev–Trinajstić information content (AvgIpc) is 3.24. The Morgan fingerprint density at radius 2 is 2.06 bits per heavy atom. The van der Waals surface area contributed by atoms with Gasteiger partial charge in [0.05, 0.1) is 13.2 Å². The number of nitrogens with two attached hydrogens (primary N) is 1. The highest BCUT2D eigenvalue weighted by Crippen LogP contribution is 2.36. The molecule has 2 amide bonds. The number of methoxy groups -OCH3 is 1. The lowest BCUT2D eigenvalue weighted by atomic mass is 9.90. The van der Waals surface area contributed by atoms with Gasteiger partial charge in [0, 0.05) is 44.0 Å². The van der Waals surface area contributed by atoms with Crippen LogP contribution in [-0.2, 0) is 0 Å². The summed E-state index contributed by atoms with van der Waals surface area (Å²) in [5.41, 5.74) is 8.07. The summed E-state index contributed by atoms with van der Waals surface area (Å²) >= 11 is 0. The first kappa shape index (κ1) is 21.7. The lowest BCUT2D eigenvalue weighted by Gasteiger charge is -2.35. The molecule has 1 atom stereocenters. The molecule has 5 N–H and O–H groups in total. The van der Waals surface area contributed by atoms with E-state index in [-0.39, 0.29) is 18.1 Å². The molecule has 0 spiro atoms. The Hall–Kier alpha value is -3.11. The number of urea groups is 1. The van der Waals surface area contributed by atoms with Crippen molar-refractivity contribution in [1.82, 2.24) is 30.8 Å². The van der Waals surface area contributed by atoms with Crippen molar-refractivity contribution in [3.63, 3.8) is 0 Å². The zero-order valence-corrected chi connectivity index (χ0v) is 18.9. The number of rotatable bonds is 6. The maximum atomic E-state index is 13.0. The summed E-state index contributed by atoms with van der Waals surface area (Å²) in [5, 5.41) is 16.5. The zero-order valence-electron chi connectivity index (χ0n) is 18.9. The molecule has 1 unspecified atom stereocenters. The van der Waals surface area contributed by atoms with Gasteiger partial charge in [-0.3, -0.25) is 0 Å². The van der Waals surface area contributed by atoms with Crippen molar-refractivity contribution in [1.29, 1.82) is 0 Å². The molecule has 0 aromatic carbocycles. The quantitative estimate of drug-likeness (QED) is 0.512. The van der Waals surface area contributed by atoms with E-state index in [0.717, 1.165) is 56.8 Å². The number of aromatic nitrogens is 1. The first-order valence-electron chi connectivity index (χ1n) is 11.7. The molecule has 2 fully saturated rings.